The molecule has 1 aliphatic rings. The number of hydrogen-bond donors (Lipinski definition) is 1. The van der Waals surface area contributed by atoms with E-state index >= 15 is 0 Å². The zero-order chi connectivity index (χ0) is 14.9. The lowest BCUT2D eigenvalue weighted by Crippen LogP contribution is -2.46. The van der Waals surface area contributed by atoms with Crippen molar-refractivity contribution >= 4 is 24.8 Å². The molecule has 1 fully saturated rings. The van der Waals surface area contributed by atoms with Crippen LogP contribution in [-0.2, 0) is 0 Å². The lowest BCUT2D eigenvalue weighted by molar-refractivity contribution is 0.185. The first-order chi connectivity index (χ1) is 10.3. The van der Waals surface area contributed by atoms with Crippen molar-refractivity contribution in [2.45, 2.75) is 0 Å². The van der Waals surface area contributed by atoms with Crippen LogP contribution >= 0.6 is 24.8 Å². The predicted octanol–water partition coefficient (Wildman–Crippen LogP) is 1.75. The van der Waals surface area contributed by atoms with Gasteiger partial charge in [0.25, 0.3) is 0 Å². The molecule has 1 aliphatic heterocycles. The number of para-hydroxylation sites is 2. The molecule has 0 atom stereocenters. The zero-order valence-corrected chi connectivity index (χ0v) is 15.6. The summed E-state index contributed by atoms with van der Waals surface area (Å²) < 4.78 is 11.1. The van der Waals surface area contributed by atoms with E-state index < -0.39 is 0 Å². The van der Waals surface area contributed by atoms with Crippen LogP contribution in [0, 0.1) is 0 Å². The topological polar surface area (TPSA) is 37.0 Å². The normalized spacial score (nSPS) is 14.7. The monoisotopic (exact) mass is 365 g/mol. The van der Waals surface area contributed by atoms with Crippen molar-refractivity contribution in [3.05, 3.63) is 24.3 Å². The van der Waals surface area contributed by atoms with Crippen LogP contribution < -0.4 is 14.8 Å². The van der Waals surface area contributed by atoms with Gasteiger partial charge in [-0.25, -0.2) is 0 Å². The average molecular weight is 366 g/mol. The summed E-state index contributed by atoms with van der Waals surface area (Å²) in [6, 6.07) is 7.78. The van der Waals surface area contributed by atoms with E-state index in [1.165, 1.54) is 0 Å². The maximum atomic E-state index is 5.80. The minimum absolute atomic E-state index is 0. The number of benzene rings is 1. The number of piperazine rings is 1. The maximum absolute atomic E-state index is 5.80. The zero-order valence-electron chi connectivity index (χ0n) is 14.0. The van der Waals surface area contributed by atoms with Gasteiger partial charge in [-0.2, -0.15) is 0 Å². The minimum Gasteiger partial charge on any atom is -0.493 e. The summed E-state index contributed by atoms with van der Waals surface area (Å²) in [5, 5.41) is 3.38. The molecule has 1 aromatic rings. The Kier molecular flexibility index (Phi) is 12.3. The summed E-state index contributed by atoms with van der Waals surface area (Å²) in [4.78, 5) is 4.82. The molecule has 0 aliphatic carbocycles. The average Bonchev–Trinajstić information content (AvgIpc) is 2.54. The van der Waals surface area contributed by atoms with Gasteiger partial charge in [-0.3, -0.25) is 4.90 Å². The van der Waals surface area contributed by atoms with Gasteiger partial charge < -0.3 is 19.7 Å². The lowest BCUT2D eigenvalue weighted by atomic mass is 10.3. The SMILES string of the molecule is COc1ccccc1OCCN(C)CCN1CCNCC1.Cl.Cl. The summed E-state index contributed by atoms with van der Waals surface area (Å²) in [6.45, 7) is 8.35. The van der Waals surface area contributed by atoms with Gasteiger partial charge in [-0.1, -0.05) is 12.1 Å². The maximum Gasteiger partial charge on any atom is 0.161 e. The van der Waals surface area contributed by atoms with E-state index in [9.17, 15) is 0 Å². The molecule has 0 unspecified atom stereocenters. The van der Waals surface area contributed by atoms with E-state index in [0.717, 1.165) is 57.3 Å². The molecule has 0 amide bonds. The Labute approximate surface area is 152 Å². The standard InChI is InChI=1S/C16H27N3O2.2ClH/c1-18(11-12-19-9-7-17-8-10-19)13-14-21-16-6-4-3-5-15(16)20-2;;/h3-6,17H,7-14H2,1-2H3;2*1H. The van der Waals surface area contributed by atoms with E-state index in [-0.39, 0.29) is 24.8 Å². The van der Waals surface area contributed by atoms with Crippen LogP contribution in [0.25, 0.3) is 0 Å². The number of rotatable bonds is 8. The van der Waals surface area contributed by atoms with Crippen LogP contribution in [0.3, 0.4) is 0 Å². The van der Waals surface area contributed by atoms with Gasteiger partial charge in [0.2, 0.25) is 0 Å². The van der Waals surface area contributed by atoms with E-state index in [0.29, 0.717) is 6.61 Å². The van der Waals surface area contributed by atoms with E-state index in [2.05, 4.69) is 22.2 Å². The molecular weight excluding hydrogens is 337 g/mol. The first-order valence-corrected chi connectivity index (χ1v) is 7.67. The van der Waals surface area contributed by atoms with Gasteiger partial charge >= 0.3 is 0 Å². The largest absolute Gasteiger partial charge is 0.493 e. The molecule has 1 N–H and O–H groups in total. The quantitative estimate of drug-likeness (QED) is 0.759. The Hall–Kier alpha value is -0.720. The number of nitrogens with one attached hydrogen (secondary N) is 1. The smallest absolute Gasteiger partial charge is 0.161 e. The summed E-state index contributed by atoms with van der Waals surface area (Å²) in [5.74, 6) is 1.61. The number of hydrogen-bond acceptors (Lipinski definition) is 5. The van der Waals surface area contributed by atoms with E-state index in [4.69, 9.17) is 9.47 Å². The van der Waals surface area contributed by atoms with E-state index in [1.54, 1.807) is 7.11 Å². The van der Waals surface area contributed by atoms with Crippen molar-refractivity contribution in [3.8, 4) is 11.5 Å². The predicted molar refractivity (Wildman–Crippen MR) is 99.8 cm³/mol. The Morgan fingerprint density at radius 1 is 1.09 bits per heavy atom. The molecule has 134 valence electrons. The number of halogens is 2. The fraction of sp³-hybridized carbons (Fsp3) is 0.625. The highest BCUT2D eigenvalue weighted by Gasteiger charge is 2.10. The molecule has 1 aromatic carbocycles. The first kappa shape index (κ1) is 22.3. The van der Waals surface area contributed by atoms with Crippen LogP contribution in [-0.4, -0.2) is 76.4 Å². The number of ether oxygens (including phenoxy) is 2. The second-order valence-electron chi connectivity index (χ2n) is 5.39. The van der Waals surface area contributed by atoms with Crippen molar-refractivity contribution in [3.63, 3.8) is 0 Å². The van der Waals surface area contributed by atoms with Crippen molar-refractivity contribution in [2.24, 2.45) is 0 Å². The summed E-state index contributed by atoms with van der Waals surface area (Å²) in [5.41, 5.74) is 0. The van der Waals surface area contributed by atoms with Gasteiger partial charge in [-0.15, -0.1) is 24.8 Å². The highest BCUT2D eigenvalue weighted by molar-refractivity contribution is 5.85. The lowest BCUT2D eigenvalue weighted by Gasteiger charge is -2.29. The van der Waals surface area contributed by atoms with Gasteiger partial charge in [0, 0.05) is 45.8 Å². The fourth-order valence-electron chi connectivity index (χ4n) is 2.41. The summed E-state index contributed by atoms with van der Waals surface area (Å²) in [6.07, 6.45) is 0. The molecule has 0 spiro atoms. The summed E-state index contributed by atoms with van der Waals surface area (Å²) >= 11 is 0. The number of methoxy groups -OCH3 is 1. The Bertz CT molecular complexity index is 418. The van der Waals surface area contributed by atoms with Gasteiger partial charge in [0.05, 0.1) is 7.11 Å². The number of nitrogens with zero attached hydrogens (tertiary/aromatic N) is 2. The third-order valence-corrected chi connectivity index (χ3v) is 3.81. The van der Waals surface area contributed by atoms with Crippen molar-refractivity contribution in [2.75, 3.05) is 66.6 Å². The molecule has 23 heavy (non-hydrogen) atoms. The Morgan fingerprint density at radius 2 is 1.74 bits per heavy atom. The molecule has 0 radical (unpaired) electrons. The molecule has 0 aromatic heterocycles. The van der Waals surface area contributed by atoms with Crippen LogP contribution in [0.15, 0.2) is 24.3 Å². The highest BCUT2D eigenvalue weighted by Crippen LogP contribution is 2.25. The highest BCUT2D eigenvalue weighted by atomic mass is 35.5. The molecule has 0 bridgehead atoms. The van der Waals surface area contributed by atoms with Gasteiger partial charge in [0.15, 0.2) is 11.5 Å². The first-order valence-electron chi connectivity index (χ1n) is 7.67. The molecule has 1 saturated heterocycles. The van der Waals surface area contributed by atoms with Gasteiger partial charge in [0.1, 0.15) is 6.61 Å². The molecule has 1 heterocycles. The second-order valence-corrected chi connectivity index (χ2v) is 5.39. The Morgan fingerprint density at radius 3 is 2.39 bits per heavy atom. The van der Waals surface area contributed by atoms with Crippen LogP contribution in [0.5, 0.6) is 11.5 Å². The van der Waals surface area contributed by atoms with E-state index in [1.807, 2.05) is 24.3 Å². The van der Waals surface area contributed by atoms with Crippen LogP contribution in [0.4, 0.5) is 0 Å². The molecule has 2 rings (SSSR count). The molecule has 5 nitrogen and oxygen atoms in total. The fourth-order valence-corrected chi connectivity index (χ4v) is 2.41. The molecule has 7 heteroatoms. The molecular formula is C16H29Cl2N3O2. The second kappa shape index (κ2) is 12.7. The molecule has 0 saturated carbocycles. The minimum atomic E-state index is 0. The third-order valence-electron chi connectivity index (χ3n) is 3.81. The van der Waals surface area contributed by atoms with Crippen molar-refractivity contribution in [1.29, 1.82) is 0 Å². The van der Waals surface area contributed by atoms with Gasteiger partial charge in [-0.05, 0) is 19.2 Å². The summed E-state index contributed by atoms with van der Waals surface area (Å²) in [7, 11) is 3.82. The van der Waals surface area contributed by atoms with Crippen LogP contribution in [0.1, 0.15) is 0 Å². The number of likely N-dealkylation sites (N-methyl/N-ethyl adjacent to an activating group) is 1. The van der Waals surface area contributed by atoms with Crippen molar-refractivity contribution in [1.82, 2.24) is 15.1 Å². The Balaban J connectivity index is 0.00000242. The third kappa shape index (κ3) is 8.08. The van der Waals surface area contributed by atoms with Crippen LogP contribution in [0.2, 0.25) is 0 Å². The van der Waals surface area contributed by atoms with Crippen molar-refractivity contribution < 1.29 is 9.47 Å².